The van der Waals surface area contributed by atoms with Crippen molar-refractivity contribution < 1.29 is 19.1 Å². The van der Waals surface area contributed by atoms with Gasteiger partial charge in [0.1, 0.15) is 11.4 Å². The molecule has 2 aliphatic rings. The first-order valence-electron chi connectivity index (χ1n) is 10.9. The Kier molecular flexibility index (Phi) is 5.49. The molecular weight excluding hydrogens is 401 g/mol. The Morgan fingerprint density at radius 1 is 1.16 bits per heavy atom. The number of nitrogens with zero attached hydrogens (tertiary/aromatic N) is 3. The van der Waals surface area contributed by atoms with Crippen LogP contribution in [0.4, 0.5) is 10.1 Å². The number of piperazine rings is 1. The predicted octanol–water partition coefficient (Wildman–Crippen LogP) is 3.40. The van der Waals surface area contributed by atoms with E-state index >= 15 is 4.39 Å². The Balaban J connectivity index is 1.76. The van der Waals surface area contributed by atoms with Crippen molar-refractivity contribution in [3.63, 3.8) is 0 Å². The van der Waals surface area contributed by atoms with Crippen molar-refractivity contribution in [2.45, 2.75) is 64.6 Å². The molecule has 1 aromatic heterocycles. The molecule has 0 spiro atoms. The number of carboxylic acid groups (broad SMARTS) is 1. The lowest BCUT2D eigenvalue weighted by atomic mass is 10.0. The SMILES string of the molecule is CCCC(=O)N1C(C)CN(c2cc3c(cc2F)c(=O)c(C(=O)O)cn3C2CC2)CC1C. The topological polar surface area (TPSA) is 82.8 Å². The molecular formula is C23H28FN3O4. The highest BCUT2D eigenvalue weighted by Gasteiger charge is 2.34. The second-order valence-corrected chi connectivity index (χ2v) is 8.79. The van der Waals surface area contributed by atoms with Crippen LogP contribution in [-0.2, 0) is 4.79 Å². The zero-order valence-electron chi connectivity index (χ0n) is 18.1. The third kappa shape index (κ3) is 3.79. The normalized spacial score (nSPS) is 21.5. The maximum Gasteiger partial charge on any atom is 0.341 e. The van der Waals surface area contributed by atoms with E-state index in [1.165, 1.54) is 12.3 Å². The summed E-state index contributed by atoms with van der Waals surface area (Å²) in [6, 6.07) is 2.82. The second kappa shape index (κ2) is 7.98. The minimum atomic E-state index is -1.30. The van der Waals surface area contributed by atoms with Crippen molar-refractivity contribution >= 4 is 28.5 Å². The first-order chi connectivity index (χ1) is 14.7. The molecule has 31 heavy (non-hydrogen) atoms. The van der Waals surface area contributed by atoms with Gasteiger partial charge < -0.3 is 19.5 Å². The van der Waals surface area contributed by atoms with Crippen LogP contribution in [-0.4, -0.2) is 51.6 Å². The summed E-state index contributed by atoms with van der Waals surface area (Å²) in [6.07, 6.45) is 4.47. The zero-order valence-corrected chi connectivity index (χ0v) is 18.1. The van der Waals surface area contributed by atoms with Crippen LogP contribution in [0.5, 0.6) is 0 Å². The molecule has 1 saturated carbocycles. The number of benzene rings is 1. The first kappa shape index (κ1) is 21.3. The molecule has 1 aliphatic heterocycles. The summed E-state index contributed by atoms with van der Waals surface area (Å²) in [6.45, 7) is 6.89. The number of carboxylic acids is 1. The highest BCUT2D eigenvalue weighted by Crippen LogP contribution is 2.38. The number of rotatable bonds is 5. The van der Waals surface area contributed by atoms with Crippen LogP contribution in [0.25, 0.3) is 10.9 Å². The number of carbonyl (C=O) groups is 2. The molecule has 166 valence electrons. The van der Waals surface area contributed by atoms with E-state index in [0.717, 1.165) is 19.3 Å². The lowest BCUT2D eigenvalue weighted by Crippen LogP contribution is -2.58. The molecule has 8 heteroatoms. The van der Waals surface area contributed by atoms with E-state index in [4.69, 9.17) is 0 Å². The van der Waals surface area contributed by atoms with Gasteiger partial charge in [-0.25, -0.2) is 9.18 Å². The smallest absolute Gasteiger partial charge is 0.341 e. The number of anilines is 1. The predicted molar refractivity (Wildman–Crippen MR) is 116 cm³/mol. The average molecular weight is 429 g/mol. The van der Waals surface area contributed by atoms with Gasteiger partial charge in [-0.15, -0.1) is 0 Å². The summed E-state index contributed by atoms with van der Waals surface area (Å²) in [7, 11) is 0. The summed E-state index contributed by atoms with van der Waals surface area (Å²) in [5.74, 6) is -1.74. The minimum absolute atomic E-state index is 0.0714. The fourth-order valence-electron chi connectivity index (χ4n) is 4.76. The Labute approximate surface area is 180 Å². The standard InChI is InChI=1S/C23H28FN3O4/c1-4-5-21(28)27-13(2)10-25(11-14(27)3)20-9-19-16(8-18(20)24)22(29)17(23(30)31)12-26(19)15-6-7-15/h8-9,12-15H,4-7,10-11H2,1-3H3,(H,30,31). The van der Waals surface area contributed by atoms with Gasteiger partial charge in [0, 0.05) is 49.2 Å². The van der Waals surface area contributed by atoms with Crippen LogP contribution in [0.15, 0.2) is 23.1 Å². The molecule has 2 atom stereocenters. The second-order valence-electron chi connectivity index (χ2n) is 8.79. The summed E-state index contributed by atoms with van der Waals surface area (Å²) in [4.78, 5) is 40.5. The molecule has 2 aromatic rings. The number of aromatic carboxylic acids is 1. The van der Waals surface area contributed by atoms with E-state index in [1.807, 2.05) is 30.6 Å². The van der Waals surface area contributed by atoms with Crippen LogP contribution < -0.4 is 10.3 Å². The van der Waals surface area contributed by atoms with Gasteiger partial charge in [-0.2, -0.15) is 0 Å². The van der Waals surface area contributed by atoms with Gasteiger partial charge >= 0.3 is 5.97 Å². The van der Waals surface area contributed by atoms with Crippen LogP contribution >= 0.6 is 0 Å². The van der Waals surface area contributed by atoms with Crippen LogP contribution in [0, 0.1) is 5.82 Å². The molecule has 2 heterocycles. The van der Waals surface area contributed by atoms with Gasteiger partial charge in [0.05, 0.1) is 11.2 Å². The van der Waals surface area contributed by atoms with Crippen LogP contribution in [0.1, 0.15) is 62.9 Å². The molecule has 2 fully saturated rings. The number of hydrogen-bond acceptors (Lipinski definition) is 4. The van der Waals surface area contributed by atoms with Crippen LogP contribution in [0.3, 0.4) is 0 Å². The van der Waals surface area contributed by atoms with E-state index in [9.17, 15) is 19.5 Å². The Bertz CT molecular complexity index is 1100. The molecule has 1 N–H and O–H groups in total. The van der Waals surface area contributed by atoms with Crippen molar-refractivity contribution in [1.82, 2.24) is 9.47 Å². The van der Waals surface area contributed by atoms with E-state index in [0.29, 0.717) is 30.7 Å². The molecule has 1 aliphatic carbocycles. The molecule has 1 aromatic carbocycles. The number of aromatic nitrogens is 1. The molecule has 2 unspecified atom stereocenters. The highest BCUT2D eigenvalue weighted by molar-refractivity contribution is 5.93. The van der Waals surface area contributed by atoms with Gasteiger partial charge in [-0.3, -0.25) is 9.59 Å². The molecule has 1 amide bonds. The third-order valence-electron chi connectivity index (χ3n) is 6.28. The molecule has 0 radical (unpaired) electrons. The Morgan fingerprint density at radius 3 is 2.35 bits per heavy atom. The fraction of sp³-hybridized carbons (Fsp3) is 0.522. The van der Waals surface area contributed by atoms with E-state index in [1.54, 1.807) is 10.6 Å². The van der Waals surface area contributed by atoms with Crippen molar-refractivity contribution in [3.8, 4) is 0 Å². The minimum Gasteiger partial charge on any atom is -0.477 e. The van der Waals surface area contributed by atoms with Crippen molar-refractivity contribution in [2.24, 2.45) is 0 Å². The van der Waals surface area contributed by atoms with Crippen molar-refractivity contribution in [3.05, 3.63) is 39.9 Å². The van der Waals surface area contributed by atoms with Gasteiger partial charge in [0.2, 0.25) is 11.3 Å². The largest absolute Gasteiger partial charge is 0.477 e. The van der Waals surface area contributed by atoms with E-state index in [-0.39, 0.29) is 35.0 Å². The van der Waals surface area contributed by atoms with Crippen LogP contribution in [0.2, 0.25) is 0 Å². The summed E-state index contributed by atoms with van der Waals surface area (Å²) < 4.78 is 17.0. The fourth-order valence-corrected chi connectivity index (χ4v) is 4.76. The quantitative estimate of drug-likeness (QED) is 0.788. The number of fused-ring (bicyclic) bond motifs is 1. The van der Waals surface area contributed by atoms with E-state index < -0.39 is 17.2 Å². The lowest BCUT2D eigenvalue weighted by Gasteiger charge is -2.45. The summed E-state index contributed by atoms with van der Waals surface area (Å²) in [5, 5.41) is 9.49. The molecule has 0 bridgehead atoms. The zero-order chi connectivity index (χ0) is 22.4. The van der Waals surface area contributed by atoms with Gasteiger partial charge in [-0.05, 0) is 45.2 Å². The van der Waals surface area contributed by atoms with Gasteiger partial charge in [0.15, 0.2) is 0 Å². The lowest BCUT2D eigenvalue weighted by molar-refractivity contribution is -0.136. The van der Waals surface area contributed by atoms with Gasteiger partial charge in [0.25, 0.3) is 0 Å². The maximum absolute atomic E-state index is 15.2. The number of amides is 1. The van der Waals surface area contributed by atoms with Crippen molar-refractivity contribution in [2.75, 3.05) is 18.0 Å². The Hall–Kier alpha value is -2.90. The average Bonchev–Trinajstić information content (AvgIpc) is 3.52. The number of pyridine rings is 1. The van der Waals surface area contributed by atoms with Crippen molar-refractivity contribution in [1.29, 1.82) is 0 Å². The molecule has 7 nitrogen and oxygen atoms in total. The monoisotopic (exact) mass is 429 g/mol. The summed E-state index contributed by atoms with van der Waals surface area (Å²) in [5.41, 5.74) is -0.0669. The number of halogens is 1. The number of carbonyl (C=O) groups excluding carboxylic acids is 1. The first-order valence-corrected chi connectivity index (χ1v) is 10.9. The third-order valence-corrected chi connectivity index (χ3v) is 6.28. The summed E-state index contributed by atoms with van der Waals surface area (Å²) >= 11 is 0. The van der Waals surface area contributed by atoms with E-state index in [2.05, 4.69) is 0 Å². The highest BCUT2D eigenvalue weighted by atomic mass is 19.1. The van der Waals surface area contributed by atoms with Gasteiger partial charge in [-0.1, -0.05) is 6.92 Å². The Morgan fingerprint density at radius 2 is 1.81 bits per heavy atom. The molecule has 1 saturated heterocycles. The maximum atomic E-state index is 15.2. The number of hydrogen-bond donors (Lipinski definition) is 1. The molecule has 4 rings (SSSR count).